The normalized spacial score (nSPS) is 25.1. The molecule has 2 aromatic carbocycles. The van der Waals surface area contributed by atoms with Gasteiger partial charge in [0.25, 0.3) is 0 Å². The summed E-state index contributed by atoms with van der Waals surface area (Å²) >= 11 is 0. The van der Waals surface area contributed by atoms with Crippen molar-refractivity contribution in [3.63, 3.8) is 0 Å². The number of hydrogen-bond acceptors (Lipinski definition) is 2. The monoisotopic (exact) mass is 384 g/mol. The van der Waals surface area contributed by atoms with Gasteiger partial charge in [-0.05, 0) is 48.7 Å². The second kappa shape index (κ2) is 8.39. The predicted molar refractivity (Wildman–Crippen MR) is 105 cm³/mol. The first-order valence-electron chi connectivity index (χ1n) is 10.2. The molecule has 2 aliphatic rings. The maximum atomic E-state index is 14.0. The van der Waals surface area contributed by atoms with Crippen LogP contribution in [-0.4, -0.2) is 36.0 Å². The number of nitrogens with zero attached hydrogens (tertiary/aromatic N) is 1. The molecule has 5 heteroatoms. The number of amides is 1. The molecule has 1 amide bonds. The lowest BCUT2D eigenvalue weighted by atomic mass is 9.88. The first kappa shape index (κ1) is 19.1. The number of hydrogen-bond donors (Lipinski definition) is 1. The molecule has 2 fully saturated rings. The van der Waals surface area contributed by atoms with E-state index in [1.54, 1.807) is 30.3 Å². The summed E-state index contributed by atoms with van der Waals surface area (Å²) in [5, 5.41) is 3.62. The molecular weight excluding hydrogens is 358 g/mol. The summed E-state index contributed by atoms with van der Waals surface area (Å²) in [7, 11) is 0. The minimum absolute atomic E-state index is 0.0448. The van der Waals surface area contributed by atoms with E-state index in [2.05, 4.69) is 5.32 Å². The summed E-state index contributed by atoms with van der Waals surface area (Å²) in [6, 6.07) is 13.3. The summed E-state index contributed by atoms with van der Waals surface area (Å²) < 4.78 is 27.9. The third kappa shape index (κ3) is 3.95. The Morgan fingerprint density at radius 1 is 1.07 bits per heavy atom. The third-order valence-electron chi connectivity index (χ3n) is 6.10. The predicted octanol–water partition coefficient (Wildman–Crippen LogP) is 4.03. The number of carbonyl (C=O) groups excluding carboxylic acids is 1. The Balaban J connectivity index is 1.60. The minimum atomic E-state index is -0.343. The minimum Gasteiger partial charge on any atom is -0.337 e. The molecular formula is C23H26F2N2O. The lowest BCUT2D eigenvalue weighted by Gasteiger charge is -2.31. The Hall–Kier alpha value is -2.27. The van der Waals surface area contributed by atoms with Crippen molar-refractivity contribution in [2.45, 2.75) is 50.1 Å². The van der Waals surface area contributed by atoms with Crippen LogP contribution in [0.1, 0.15) is 42.7 Å². The van der Waals surface area contributed by atoms with E-state index in [0.717, 1.165) is 37.8 Å². The molecule has 2 aliphatic heterocycles. The number of likely N-dealkylation sites (tertiary alicyclic amines) is 1. The lowest BCUT2D eigenvalue weighted by Crippen LogP contribution is -2.47. The number of carbonyl (C=O) groups is 1. The average Bonchev–Trinajstić information content (AvgIpc) is 3.01. The van der Waals surface area contributed by atoms with Gasteiger partial charge in [-0.15, -0.1) is 0 Å². The van der Waals surface area contributed by atoms with Gasteiger partial charge in [-0.25, -0.2) is 8.78 Å². The molecule has 2 aromatic rings. The van der Waals surface area contributed by atoms with Crippen molar-refractivity contribution in [2.75, 3.05) is 13.1 Å². The molecule has 3 atom stereocenters. The lowest BCUT2D eigenvalue weighted by molar-refractivity contribution is -0.131. The Labute approximate surface area is 164 Å². The average molecular weight is 384 g/mol. The number of rotatable bonds is 3. The van der Waals surface area contributed by atoms with E-state index in [9.17, 15) is 13.6 Å². The first-order chi connectivity index (χ1) is 13.6. The van der Waals surface area contributed by atoms with Gasteiger partial charge < -0.3 is 10.2 Å². The highest BCUT2D eigenvalue weighted by Crippen LogP contribution is 2.36. The van der Waals surface area contributed by atoms with E-state index >= 15 is 0 Å². The smallest absolute Gasteiger partial charge is 0.227 e. The van der Waals surface area contributed by atoms with Crippen LogP contribution in [0.25, 0.3) is 0 Å². The summed E-state index contributed by atoms with van der Waals surface area (Å²) in [5.74, 6) is -0.607. The van der Waals surface area contributed by atoms with Crippen LogP contribution < -0.4 is 5.32 Å². The molecule has 0 radical (unpaired) electrons. The standard InChI is InChI=1S/C23H26F2N2O/c24-18-9-6-8-16(13-18)19-15-27(21-11-2-1-5-12-26-23(19)21)22(28)14-17-7-3-4-10-20(17)25/h3-4,6-10,13,19,21,23,26H,1-2,5,11-12,14-15H2/t19-,21+,23-/m0/s1. The maximum Gasteiger partial charge on any atom is 0.227 e. The van der Waals surface area contributed by atoms with Crippen molar-refractivity contribution >= 4 is 5.91 Å². The second-order valence-corrected chi connectivity index (χ2v) is 7.87. The second-order valence-electron chi connectivity index (χ2n) is 7.87. The number of benzene rings is 2. The Kier molecular flexibility index (Phi) is 5.72. The number of nitrogens with one attached hydrogen (secondary N) is 1. The molecule has 2 saturated heterocycles. The van der Waals surface area contributed by atoms with E-state index in [1.807, 2.05) is 11.0 Å². The highest BCUT2D eigenvalue weighted by molar-refractivity contribution is 5.80. The molecule has 2 heterocycles. The fourth-order valence-corrected chi connectivity index (χ4v) is 4.70. The largest absolute Gasteiger partial charge is 0.337 e. The fraction of sp³-hybridized carbons (Fsp3) is 0.435. The summed E-state index contributed by atoms with van der Waals surface area (Å²) in [6.45, 7) is 1.45. The van der Waals surface area contributed by atoms with E-state index in [-0.39, 0.29) is 42.0 Å². The molecule has 0 bridgehead atoms. The Morgan fingerprint density at radius 3 is 2.75 bits per heavy atom. The zero-order valence-corrected chi connectivity index (χ0v) is 15.9. The maximum absolute atomic E-state index is 14.0. The molecule has 0 saturated carbocycles. The Morgan fingerprint density at radius 2 is 1.93 bits per heavy atom. The van der Waals surface area contributed by atoms with E-state index in [0.29, 0.717) is 12.1 Å². The molecule has 148 valence electrons. The van der Waals surface area contributed by atoms with Crippen molar-refractivity contribution in [1.29, 1.82) is 0 Å². The Bertz CT molecular complexity index is 841. The highest BCUT2D eigenvalue weighted by Gasteiger charge is 2.44. The van der Waals surface area contributed by atoms with E-state index in [4.69, 9.17) is 0 Å². The quantitative estimate of drug-likeness (QED) is 0.866. The summed E-state index contributed by atoms with van der Waals surface area (Å²) in [5.41, 5.74) is 1.35. The van der Waals surface area contributed by atoms with Crippen molar-refractivity contribution < 1.29 is 13.6 Å². The third-order valence-corrected chi connectivity index (χ3v) is 6.10. The van der Waals surface area contributed by atoms with Crippen LogP contribution in [0.2, 0.25) is 0 Å². The molecule has 28 heavy (non-hydrogen) atoms. The van der Waals surface area contributed by atoms with Crippen LogP contribution in [0, 0.1) is 11.6 Å². The van der Waals surface area contributed by atoms with Gasteiger partial charge in [0.1, 0.15) is 11.6 Å². The van der Waals surface area contributed by atoms with Crippen molar-refractivity contribution in [2.24, 2.45) is 0 Å². The van der Waals surface area contributed by atoms with Gasteiger partial charge in [-0.1, -0.05) is 43.2 Å². The fourth-order valence-electron chi connectivity index (χ4n) is 4.70. The van der Waals surface area contributed by atoms with Crippen molar-refractivity contribution in [1.82, 2.24) is 10.2 Å². The van der Waals surface area contributed by atoms with Gasteiger partial charge in [0, 0.05) is 24.5 Å². The molecule has 0 unspecified atom stereocenters. The highest BCUT2D eigenvalue weighted by atomic mass is 19.1. The van der Waals surface area contributed by atoms with Crippen LogP contribution in [0.5, 0.6) is 0 Å². The molecule has 3 nitrogen and oxygen atoms in total. The number of fused-ring (bicyclic) bond motifs is 1. The van der Waals surface area contributed by atoms with Gasteiger partial charge >= 0.3 is 0 Å². The topological polar surface area (TPSA) is 32.3 Å². The molecule has 4 rings (SSSR count). The van der Waals surface area contributed by atoms with Crippen LogP contribution in [-0.2, 0) is 11.2 Å². The molecule has 0 aromatic heterocycles. The van der Waals surface area contributed by atoms with Gasteiger partial charge in [0.2, 0.25) is 5.91 Å². The van der Waals surface area contributed by atoms with Gasteiger partial charge in [-0.3, -0.25) is 4.79 Å². The van der Waals surface area contributed by atoms with Gasteiger partial charge in [0.15, 0.2) is 0 Å². The molecule has 0 aliphatic carbocycles. The van der Waals surface area contributed by atoms with Crippen molar-refractivity contribution in [3.8, 4) is 0 Å². The summed E-state index contributed by atoms with van der Waals surface area (Å²) in [4.78, 5) is 15.0. The van der Waals surface area contributed by atoms with Gasteiger partial charge in [-0.2, -0.15) is 0 Å². The van der Waals surface area contributed by atoms with Crippen LogP contribution in [0.15, 0.2) is 48.5 Å². The zero-order valence-electron chi connectivity index (χ0n) is 15.9. The van der Waals surface area contributed by atoms with E-state index in [1.165, 1.54) is 12.1 Å². The first-order valence-corrected chi connectivity index (χ1v) is 10.2. The van der Waals surface area contributed by atoms with Crippen molar-refractivity contribution in [3.05, 3.63) is 71.3 Å². The molecule has 1 N–H and O–H groups in total. The SMILES string of the molecule is O=C(Cc1ccccc1F)N1C[C@@H](c2cccc(F)c2)[C@@H]2NCCCCC[C@H]21. The van der Waals surface area contributed by atoms with Crippen LogP contribution in [0.3, 0.4) is 0 Å². The van der Waals surface area contributed by atoms with Crippen LogP contribution >= 0.6 is 0 Å². The number of halogens is 2. The molecule has 0 spiro atoms. The zero-order chi connectivity index (χ0) is 19.5. The van der Waals surface area contributed by atoms with Crippen LogP contribution in [0.4, 0.5) is 8.78 Å². The van der Waals surface area contributed by atoms with Gasteiger partial charge in [0.05, 0.1) is 6.42 Å². The van der Waals surface area contributed by atoms with E-state index < -0.39 is 0 Å². The summed E-state index contributed by atoms with van der Waals surface area (Å²) in [6.07, 6.45) is 4.30.